The van der Waals surface area contributed by atoms with Gasteiger partial charge in [-0.3, -0.25) is 4.57 Å². The van der Waals surface area contributed by atoms with Gasteiger partial charge in [0.15, 0.2) is 6.21 Å². The quantitative estimate of drug-likeness (QED) is 0.588. The summed E-state index contributed by atoms with van der Waals surface area (Å²) in [6.45, 7) is 0.835. The highest BCUT2D eigenvalue weighted by atomic mass is 35.5. The molecule has 1 aliphatic heterocycles. The predicted octanol–water partition coefficient (Wildman–Crippen LogP) is 4.03. The largest absolute Gasteiger partial charge is 0.291 e. The Morgan fingerprint density at radius 1 is 1.05 bits per heavy atom. The summed E-state index contributed by atoms with van der Waals surface area (Å²) < 4.78 is 4.49. The van der Waals surface area contributed by atoms with Crippen LogP contribution in [0.25, 0.3) is 10.9 Å². The lowest BCUT2D eigenvalue weighted by Gasteiger charge is -2.12. The Morgan fingerprint density at radius 2 is 1.89 bits per heavy atom. The van der Waals surface area contributed by atoms with Crippen LogP contribution in [0.1, 0.15) is 5.56 Å². The molecule has 0 bridgehead atoms. The van der Waals surface area contributed by atoms with Gasteiger partial charge < -0.3 is 0 Å². The molecule has 2 aromatic carbocycles. The van der Waals surface area contributed by atoms with E-state index in [0.717, 1.165) is 11.7 Å². The molecule has 0 unspecified atom stereocenters. The van der Waals surface area contributed by atoms with Gasteiger partial charge in [-0.2, -0.15) is 4.58 Å². The first-order chi connectivity index (χ1) is 9.31. The molecule has 0 atom stereocenters. The molecule has 0 saturated heterocycles. The van der Waals surface area contributed by atoms with Crippen LogP contribution in [-0.4, -0.2) is 15.4 Å². The Bertz CT molecular complexity index is 800. The summed E-state index contributed by atoms with van der Waals surface area (Å²) in [6.07, 6.45) is 4.29. The van der Waals surface area contributed by atoms with Crippen LogP contribution in [0.3, 0.4) is 0 Å². The fraction of sp³-hybridized carbons (Fsp3) is 0.0625. The van der Waals surface area contributed by atoms with E-state index < -0.39 is 0 Å². The highest BCUT2D eigenvalue weighted by Gasteiger charge is 2.20. The Hall–Kier alpha value is -2.06. The van der Waals surface area contributed by atoms with Crippen LogP contribution < -0.4 is 0 Å². The highest BCUT2D eigenvalue weighted by molar-refractivity contribution is 6.31. The summed E-state index contributed by atoms with van der Waals surface area (Å²) in [6, 6.07) is 16.5. The van der Waals surface area contributed by atoms with Gasteiger partial charge in [0.05, 0.1) is 11.1 Å². The first-order valence-electron chi connectivity index (χ1n) is 6.26. The number of halogens is 1. The highest BCUT2D eigenvalue weighted by Crippen LogP contribution is 2.27. The van der Waals surface area contributed by atoms with E-state index in [0.29, 0.717) is 0 Å². The molecule has 3 heteroatoms. The SMILES string of the molecule is Clc1cc2c3c(ccn3C[N+](c3ccccc3)=C2)c1. The third kappa shape index (κ3) is 1.68. The maximum Gasteiger partial charge on any atom is 0.228 e. The lowest BCUT2D eigenvalue weighted by atomic mass is 10.1. The normalized spacial score (nSPS) is 13.6. The standard InChI is InChI=1S/C16H12ClN2/c17-14-8-12-6-7-18-11-19(10-13(9-14)16(12)18)15-4-2-1-3-5-15/h1-10H,11H2/q+1. The summed E-state index contributed by atoms with van der Waals surface area (Å²) in [5, 5.41) is 1.98. The number of aromatic nitrogens is 1. The molecule has 3 aromatic rings. The van der Waals surface area contributed by atoms with Crippen LogP contribution in [0.15, 0.2) is 54.7 Å². The van der Waals surface area contributed by atoms with Crippen molar-refractivity contribution in [3.63, 3.8) is 0 Å². The Kier molecular flexibility index (Phi) is 2.26. The zero-order valence-electron chi connectivity index (χ0n) is 10.3. The van der Waals surface area contributed by atoms with Crippen molar-refractivity contribution in [1.82, 2.24) is 4.57 Å². The first kappa shape index (κ1) is 10.8. The van der Waals surface area contributed by atoms with Crippen molar-refractivity contribution >= 4 is 34.4 Å². The summed E-state index contributed by atoms with van der Waals surface area (Å²) in [4.78, 5) is 0. The lowest BCUT2D eigenvalue weighted by molar-refractivity contribution is -0.471. The van der Waals surface area contributed by atoms with Crippen molar-refractivity contribution in [1.29, 1.82) is 0 Å². The van der Waals surface area contributed by atoms with Crippen molar-refractivity contribution in [3.8, 4) is 0 Å². The van der Waals surface area contributed by atoms with Crippen LogP contribution in [0.2, 0.25) is 5.02 Å². The van der Waals surface area contributed by atoms with E-state index in [4.69, 9.17) is 11.6 Å². The fourth-order valence-corrected chi connectivity index (χ4v) is 2.95. The van der Waals surface area contributed by atoms with Gasteiger partial charge in [0.25, 0.3) is 0 Å². The molecule has 1 aliphatic rings. The van der Waals surface area contributed by atoms with Gasteiger partial charge in [0.1, 0.15) is 0 Å². The van der Waals surface area contributed by atoms with Gasteiger partial charge in [-0.25, -0.2) is 0 Å². The molecule has 0 aliphatic carbocycles. The van der Waals surface area contributed by atoms with Crippen LogP contribution in [0.5, 0.6) is 0 Å². The molecular weight excluding hydrogens is 256 g/mol. The smallest absolute Gasteiger partial charge is 0.228 e. The maximum atomic E-state index is 6.18. The Morgan fingerprint density at radius 3 is 2.74 bits per heavy atom. The van der Waals surface area contributed by atoms with Crippen molar-refractivity contribution in [2.45, 2.75) is 6.67 Å². The average molecular weight is 268 g/mol. The predicted molar refractivity (Wildman–Crippen MR) is 78.5 cm³/mol. The molecule has 4 rings (SSSR count). The molecule has 0 N–H and O–H groups in total. The third-order valence-corrected chi connectivity index (χ3v) is 3.76. The fourth-order valence-electron chi connectivity index (χ4n) is 2.71. The zero-order valence-corrected chi connectivity index (χ0v) is 11.0. The Balaban J connectivity index is 1.96. The molecule has 0 fully saturated rings. The number of para-hydroxylation sites is 1. The molecule has 2 heterocycles. The van der Waals surface area contributed by atoms with Gasteiger partial charge in [0, 0.05) is 28.7 Å². The molecule has 19 heavy (non-hydrogen) atoms. The van der Waals surface area contributed by atoms with Crippen molar-refractivity contribution in [3.05, 3.63) is 65.3 Å². The molecular formula is C16H12ClN2+. The van der Waals surface area contributed by atoms with Crippen LogP contribution >= 0.6 is 11.6 Å². The van der Waals surface area contributed by atoms with E-state index in [1.807, 2.05) is 18.2 Å². The van der Waals surface area contributed by atoms with Crippen LogP contribution in [0, 0.1) is 0 Å². The molecule has 92 valence electrons. The van der Waals surface area contributed by atoms with E-state index >= 15 is 0 Å². The summed E-state index contributed by atoms with van der Waals surface area (Å²) in [7, 11) is 0. The minimum absolute atomic E-state index is 0.784. The van der Waals surface area contributed by atoms with Crippen molar-refractivity contribution in [2.24, 2.45) is 0 Å². The summed E-state index contributed by atoms with van der Waals surface area (Å²) >= 11 is 6.18. The van der Waals surface area contributed by atoms with Crippen molar-refractivity contribution < 1.29 is 4.58 Å². The molecule has 2 nitrogen and oxygen atoms in total. The topological polar surface area (TPSA) is 7.94 Å². The second kappa shape index (κ2) is 3.97. The van der Waals surface area contributed by atoms with E-state index in [2.05, 4.69) is 51.9 Å². The summed E-state index contributed by atoms with van der Waals surface area (Å²) in [5.74, 6) is 0. The molecule has 1 aromatic heterocycles. The zero-order chi connectivity index (χ0) is 12.8. The lowest BCUT2D eigenvalue weighted by Crippen LogP contribution is -2.18. The van der Waals surface area contributed by atoms with Crippen LogP contribution in [-0.2, 0) is 6.67 Å². The number of hydrogen-bond acceptors (Lipinski definition) is 0. The summed E-state index contributed by atoms with van der Waals surface area (Å²) in [5.41, 5.74) is 3.62. The van der Waals surface area contributed by atoms with E-state index in [9.17, 15) is 0 Å². The average Bonchev–Trinajstić information content (AvgIpc) is 2.83. The van der Waals surface area contributed by atoms with Gasteiger partial charge in [-0.05, 0) is 18.2 Å². The van der Waals surface area contributed by atoms with Gasteiger partial charge in [-0.1, -0.05) is 29.8 Å². The minimum Gasteiger partial charge on any atom is -0.291 e. The number of benzene rings is 2. The number of nitrogens with zero attached hydrogens (tertiary/aromatic N) is 2. The molecule has 0 saturated carbocycles. The monoisotopic (exact) mass is 267 g/mol. The second-order valence-corrected chi connectivity index (χ2v) is 5.23. The van der Waals surface area contributed by atoms with Gasteiger partial charge in [0.2, 0.25) is 12.4 Å². The second-order valence-electron chi connectivity index (χ2n) is 4.79. The Labute approximate surface area is 116 Å². The van der Waals surface area contributed by atoms with Gasteiger partial charge >= 0.3 is 0 Å². The number of hydrogen-bond donors (Lipinski definition) is 0. The molecule has 0 radical (unpaired) electrons. The van der Waals surface area contributed by atoms with E-state index in [-0.39, 0.29) is 0 Å². The minimum atomic E-state index is 0.784. The molecule has 0 spiro atoms. The number of rotatable bonds is 1. The maximum absolute atomic E-state index is 6.18. The van der Waals surface area contributed by atoms with Crippen molar-refractivity contribution in [2.75, 3.05) is 0 Å². The third-order valence-electron chi connectivity index (χ3n) is 3.54. The van der Waals surface area contributed by atoms with Gasteiger partial charge in [-0.15, -0.1) is 0 Å². The van der Waals surface area contributed by atoms with E-state index in [1.54, 1.807) is 0 Å². The van der Waals surface area contributed by atoms with E-state index in [1.165, 1.54) is 22.2 Å². The first-order valence-corrected chi connectivity index (χ1v) is 6.64. The van der Waals surface area contributed by atoms with Crippen LogP contribution in [0.4, 0.5) is 5.69 Å². The molecule has 0 amide bonds.